The number of hydrogen-bond acceptors (Lipinski definition) is 1. The van der Waals surface area contributed by atoms with Gasteiger partial charge in [0.2, 0.25) is 0 Å². The molecule has 0 saturated heterocycles. The standard InChI is InChI=1S/C14H10.HO2P/c1-3-7-13-11(5-1)9-10-12-6-2-4-8-14(12)13;1-3-2/h1-10H;3H/p+1. The Bertz CT molecular complexity index is 595. The van der Waals surface area contributed by atoms with E-state index < -0.39 is 8.69 Å². The highest BCUT2D eigenvalue weighted by atomic mass is 31.1. The predicted octanol–water partition coefficient (Wildman–Crippen LogP) is 3.91. The van der Waals surface area contributed by atoms with Gasteiger partial charge in [-0.3, -0.25) is 0 Å². The fourth-order valence-electron chi connectivity index (χ4n) is 1.95. The maximum atomic E-state index is 8.51. The van der Waals surface area contributed by atoms with E-state index in [1.54, 1.807) is 0 Å². The molecule has 0 aliphatic carbocycles. The number of fused-ring (bicyclic) bond motifs is 3. The van der Waals surface area contributed by atoms with Gasteiger partial charge in [-0.05, 0) is 26.1 Å². The molecule has 0 aliphatic heterocycles. The monoisotopic (exact) mass is 243 g/mol. The minimum absolute atomic E-state index is 1.17. The average molecular weight is 243 g/mol. The van der Waals surface area contributed by atoms with E-state index in [0.29, 0.717) is 0 Å². The lowest BCUT2D eigenvalue weighted by atomic mass is 10.0. The summed E-state index contributed by atoms with van der Waals surface area (Å²) in [4.78, 5) is 7.04. The minimum Gasteiger partial charge on any atom is -0.162 e. The minimum atomic E-state index is -1.17. The summed E-state index contributed by atoms with van der Waals surface area (Å²) in [6.45, 7) is 0. The van der Waals surface area contributed by atoms with Gasteiger partial charge in [-0.15, -0.1) is 0 Å². The third-order valence-electron chi connectivity index (χ3n) is 2.65. The fraction of sp³-hybridized carbons (Fsp3) is 0. The van der Waals surface area contributed by atoms with Gasteiger partial charge in [0, 0.05) is 0 Å². The van der Waals surface area contributed by atoms with E-state index in [-0.39, 0.29) is 0 Å². The second kappa shape index (κ2) is 5.53. The molecule has 3 heteroatoms. The van der Waals surface area contributed by atoms with E-state index in [2.05, 4.69) is 60.7 Å². The van der Waals surface area contributed by atoms with Crippen molar-refractivity contribution >= 4 is 30.2 Å². The molecule has 0 spiro atoms. The zero-order valence-electron chi connectivity index (χ0n) is 9.13. The van der Waals surface area contributed by atoms with Crippen molar-refractivity contribution < 1.29 is 9.46 Å². The summed E-state index contributed by atoms with van der Waals surface area (Å²) < 4.78 is 8.51. The molecule has 84 valence electrons. The molecule has 2 nitrogen and oxygen atoms in total. The van der Waals surface area contributed by atoms with Crippen molar-refractivity contribution in [2.24, 2.45) is 0 Å². The summed E-state index contributed by atoms with van der Waals surface area (Å²) in [7, 11) is -1.17. The highest BCUT2D eigenvalue weighted by molar-refractivity contribution is 7.16. The van der Waals surface area contributed by atoms with Crippen LogP contribution in [0.25, 0.3) is 21.5 Å². The van der Waals surface area contributed by atoms with Gasteiger partial charge in [-0.1, -0.05) is 60.7 Å². The molecule has 3 aromatic rings. The van der Waals surface area contributed by atoms with Crippen LogP contribution < -0.4 is 0 Å². The molecule has 0 radical (unpaired) electrons. The first-order valence-corrected chi connectivity index (χ1v) is 6.10. The van der Waals surface area contributed by atoms with Gasteiger partial charge in [-0.25, -0.2) is 0 Å². The largest absolute Gasteiger partial charge is 0.491 e. The Morgan fingerprint density at radius 3 is 1.47 bits per heavy atom. The maximum absolute atomic E-state index is 8.51. The molecule has 0 amide bonds. The van der Waals surface area contributed by atoms with Gasteiger partial charge in [0.15, 0.2) is 0 Å². The molecule has 1 atom stereocenters. The molecular formula is C14H12O2P+. The van der Waals surface area contributed by atoms with E-state index in [9.17, 15) is 0 Å². The van der Waals surface area contributed by atoms with E-state index in [0.717, 1.165) is 0 Å². The smallest absolute Gasteiger partial charge is 0.162 e. The zero-order valence-corrected chi connectivity index (χ0v) is 10.1. The Kier molecular flexibility index (Phi) is 3.81. The second-order valence-corrected chi connectivity index (χ2v) is 3.78. The Morgan fingerprint density at radius 2 is 1.06 bits per heavy atom. The first-order chi connectivity index (χ1) is 8.36. The topological polar surface area (TPSA) is 37.3 Å². The Labute approximate surface area is 101 Å². The van der Waals surface area contributed by atoms with Crippen molar-refractivity contribution in [2.75, 3.05) is 0 Å². The molecule has 1 unspecified atom stereocenters. The molecule has 0 fully saturated rings. The fourth-order valence-corrected chi connectivity index (χ4v) is 1.95. The van der Waals surface area contributed by atoms with Crippen LogP contribution >= 0.6 is 8.69 Å². The number of rotatable bonds is 0. The third kappa shape index (κ3) is 2.50. The Morgan fingerprint density at radius 1 is 0.706 bits per heavy atom. The van der Waals surface area contributed by atoms with Crippen LogP contribution in [0.5, 0.6) is 0 Å². The van der Waals surface area contributed by atoms with Crippen LogP contribution in [0.3, 0.4) is 0 Å². The lowest BCUT2D eigenvalue weighted by Crippen LogP contribution is -1.75. The highest BCUT2D eigenvalue weighted by Crippen LogP contribution is 2.24. The van der Waals surface area contributed by atoms with Gasteiger partial charge in [-0.2, -0.15) is 4.89 Å². The van der Waals surface area contributed by atoms with Gasteiger partial charge in [0.1, 0.15) is 0 Å². The van der Waals surface area contributed by atoms with E-state index in [4.69, 9.17) is 9.46 Å². The lowest BCUT2D eigenvalue weighted by molar-refractivity contribution is 0.524. The lowest BCUT2D eigenvalue weighted by Gasteiger charge is -2.02. The van der Waals surface area contributed by atoms with E-state index in [1.165, 1.54) is 21.5 Å². The number of benzene rings is 3. The van der Waals surface area contributed by atoms with Crippen LogP contribution in [0.2, 0.25) is 0 Å². The molecule has 0 aliphatic rings. The van der Waals surface area contributed by atoms with Crippen molar-refractivity contribution in [2.45, 2.75) is 0 Å². The van der Waals surface area contributed by atoms with Crippen LogP contribution in [0, 0.1) is 0 Å². The van der Waals surface area contributed by atoms with Gasteiger partial charge < -0.3 is 0 Å². The van der Waals surface area contributed by atoms with Gasteiger partial charge in [0.05, 0.1) is 0 Å². The second-order valence-electron chi connectivity index (χ2n) is 3.60. The van der Waals surface area contributed by atoms with E-state index in [1.807, 2.05) is 0 Å². The molecule has 3 rings (SSSR count). The first kappa shape index (κ1) is 11.7. The highest BCUT2D eigenvalue weighted by Gasteiger charge is 1.97. The Balaban J connectivity index is 0.000000329. The van der Waals surface area contributed by atoms with Crippen molar-refractivity contribution in [1.29, 1.82) is 0 Å². The molecule has 0 aromatic heterocycles. The van der Waals surface area contributed by atoms with Gasteiger partial charge in [0.25, 0.3) is 0 Å². The van der Waals surface area contributed by atoms with Crippen molar-refractivity contribution in [3.63, 3.8) is 0 Å². The summed E-state index contributed by atoms with van der Waals surface area (Å²) in [5.74, 6) is 0. The summed E-state index contributed by atoms with van der Waals surface area (Å²) in [6.07, 6.45) is 0. The van der Waals surface area contributed by atoms with Crippen LogP contribution in [0.15, 0.2) is 60.7 Å². The molecule has 1 N–H and O–H groups in total. The molecule has 0 saturated carbocycles. The molecule has 0 bridgehead atoms. The van der Waals surface area contributed by atoms with Gasteiger partial charge >= 0.3 is 8.69 Å². The molecule has 0 heterocycles. The summed E-state index contributed by atoms with van der Waals surface area (Å²) in [5, 5.41) is 5.30. The first-order valence-electron chi connectivity index (χ1n) is 5.24. The summed E-state index contributed by atoms with van der Waals surface area (Å²) in [5.41, 5.74) is 0. The molecular weight excluding hydrogens is 231 g/mol. The maximum Gasteiger partial charge on any atom is 0.491 e. The molecule has 3 aromatic carbocycles. The summed E-state index contributed by atoms with van der Waals surface area (Å²) >= 11 is 0. The molecule has 17 heavy (non-hydrogen) atoms. The average Bonchev–Trinajstić information content (AvgIpc) is 2.40. The summed E-state index contributed by atoms with van der Waals surface area (Å²) in [6, 6.07) is 21.4. The van der Waals surface area contributed by atoms with Crippen LogP contribution in [-0.4, -0.2) is 4.89 Å². The van der Waals surface area contributed by atoms with Crippen LogP contribution in [-0.2, 0) is 4.57 Å². The normalized spacial score (nSPS) is 10.2. The predicted molar refractivity (Wildman–Crippen MR) is 72.7 cm³/mol. The van der Waals surface area contributed by atoms with Crippen molar-refractivity contribution in [3.8, 4) is 0 Å². The SMILES string of the molecule is O=[PH+]O.c1ccc2c(c1)ccc1ccccc12. The third-order valence-corrected chi connectivity index (χ3v) is 2.65. The van der Waals surface area contributed by atoms with Crippen LogP contribution in [0.1, 0.15) is 0 Å². The van der Waals surface area contributed by atoms with Crippen molar-refractivity contribution in [1.82, 2.24) is 0 Å². The number of hydrogen-bond donors (Lipinski definition) is 1. The Hall–Kier alpha value is -1.76. The quantitative estimate of drug-likeness (QED) is 0.480. The van der Waals surface area contributed by atoms with Crippen LogP contribution in [0.4, 0.5) is 0 Å². The van der Waals surface area contributed by atoms with E-state index >= 15 is 0 Å². The zero-order chi connectivity index (χ0) is 12.1. The van der Waals surface area contributed by atoms with Crippen molar-refractivity contribution in [3.05, 3.63) is 60.7 Å².